The Morgan fingerprint density at radius 1 is 1.43 bits per heavy atom. The van der Waals surface area contributed by atoms with Gasteiger partial charge in [-0.05, 0) is 57.4 Å². The van der Waals surface area contributed by atoms with Gasteiger partial charge in [0, 0.05) is 17.8 Å². The second-order valence-corrected chi connectivity index (χ2v) is 6.12. The SMILES string of the molecule is Cc1ccc(C(=O)O)cc1NC(C)CC1CCCCCN1. The van der Waals surface area contributed by atoms with Crippen molar-refractivity contribution in [2.24, 2.45) is 0 Å². The average Bonchev–Trinajstić information content (AvgIpc) is 2.69. The molecule has 0 amide bonds. The summed E-state index contributed by atoms with van der Waals surface area (Å²) >= 11 is 0. The molecule has 0 spiro atoms. The van der Waals surface area contributed by atoms with Crippen molar-refractivity contribution in [1.82, 2.24) is 5.32 Å². The third-order valence-electron chi connectivity index (χ3n) is 4.19. The lowest BCUT2D eigenvalue weighted by Gasteiger charge is -2.23. The zero-order valence-electron chi connectivity index (χ0n) is 13.0. The van der Waals surface area contributed by atoms with Crippen LogP contribution in [0.3, 0.4) is 0 Å². The lowest BCUT2D eigenvalue weighted by atomic mass is 10.0. The molecule has 1 aromatic carbocycles. The number of aryl methyl sites for hydroxylation is 1. The van der Waals surface area contributed by atoms with Crippen molar-refractivity contribution in [2.75, 3.05) is 11.9 Å². The first kappa shape index (κ1) is 15.8. The summed E-state index contributed by atoms with van der Waals surface area (Å²) in [4.78, 5) is 11.1. The molecular formula is C17H26N2O2. The maximum Gasteiger partial charge on any atom is 0.335 e. The molecule has 1 fully saturated rings. The van der Waals surface area contributed by atoms with Crippen molar-refractivity contribution in [3.8, 4) is 0 Å². The Morgan fingerprint density at radius 2 is 2.24 bits per heavy atom. The van der Waals surface area contributed by atoms with Gasteiger partial charge in [-0.3, -0.25) is 0 Å². The van der Waals surface area contributed by atoms with Gasteiger partial charge in [0.2, 0.25) is 0 Å². The predicted molar refractivity (Wildman–Crippen MR) is 86.1 cm³/mol. The highest BCUT2D eigenvalue weighted by atomic mass is 16.4. The van der Waals surface area contributed by atoms with E-state index in [1.54, 1.807) is 12.1 Å². The van der Waals surface area contributed by atoms with Crippen molar-refractivity contribution >= 4 is 11.7 Å². The average molecular weight is 290 g/mol. The number of carbonyl (C=O) groups is 1. The number of hydrogen-bond acceptors (Lipinski definition) is 3. The molecule has 0 radical (unpaired) electrons. The van der Waals surface area contributed by atoms with Crippen molar-refractivity contribution in [3.63, 3.8) is 0 Å². The molecule has 0 aromatic heterocycles. The van der Waals surface area contributed by atoms with Gasteiger partial charge in [-0.25, -0.2) is 4.79 Å². The van der Waals surface area contributed by atoms with Gasteiger partial charge >= 0.3 is 5.97 Å². The minimum absolute atomic E-state index is 0.323. The lowest BCUT2D eigenvalue weighted by Crippen LogP contribution is -2.33. The zero-order valence-corrected chi connectivity index (χ0v) is 13.0. The fraction of sp³-hybridized carbons (Fsp3) is 0.588. The Kier molecular flexibility index (Phi) is 5.62. The molecule has 116 valence electrons. The Labute approximate surface area is 126 Å². The first-order valence-corrected chi connectivity index (χ1v) is 7.90. The summed E-state index contributed by atoms with van der Waals surface area (Å²) in [5, 5.41) is 16.2. The lowest BCUT2D eigenvalue weighted by molar-refractivity contribution is 0.0697. The molecule has 2 atom stereocenters. The van der Waals surface area contributed by atoms with E-state index >= 15 is 0 Å². The molecule has 4 heteroatoms. The quantitative estimate of drug-likeness (QED) is 0.777. The number of nitrogens with one attached hydrogen (secondary N) is 2. The van der Waals surface area contributed by atoms with Crippen LogP contribution in [0.15, 0.2) is 18.2 Å². The van der Waals surface area contributed by atoms with Crippen LogP contribution in [0.1, 0.15) is 54.9 Å². The summed E-state index contributed by atoms with van der Waals surface area (Å²) in [5.74, 6) is -0.879. The Balaban J connectivity index is 1.96. The van der Waals surface area contributed by atoms with Gasteiger partial charge in [0.1, 0.15) is 0 Å². The van der Waals surface area contributed by atoms with Gasteiger partial charge in [-0.1, -0.05) is 18.9 Å². The van der Waals surface area contributed by atoms with Crippen LogP contribution in [0.4, 0.5) is 5.69 Å². The second-order valence-electron chi connectivity index (χ2n) is 6.12. The number of benzene rings is 1. The normalized spacial score (nSPS) is 20.6. The van der Waals surface area contributed by atoms with E-state index in [4.69, 9.17) is 5.11 Å². The minimum Gasteiger partial charge on any atom is -0.478 e. The van der Waals surface area contributed by atoms with Gasteiger partial charge in [0.25, 0.3) is 0 Å². The molecule has 1 saturated heterocycles. The molecule has 2 unspecified atom stereocenters. The van der Waals surface area contributed by atoms with E-state index in [9.17, 15) is 4.79 Å². The van der Waals surface area contributed by atoms with E-state index in [2.05, 4.69) is 17.6 Å². The summed E-state index contributed by atoms with van der Waals surface area (Å²) in [6.45, 7) is 5.29. The monoisotopic (exact) mass is 290 g/mol. The largest absolute Gasteiger partial charge is 0.478 e. The van der Waals surface area contributed by atoms with Crippen LogP contribution in [-0.2, 0) is 0 Å². The standard InChI is InChI=1S/C17H26N2O2/c1-12-7-8-14(17(20)21)11-16(12)19-13(2)10-15-6-4-3-5-9-18-15/h7-8,11,13,15,18-19H,3-6,9-10H2,1-2H3,(H,20,21). The molecule has 4 nitrogen and oxygen atoms in total. The molecule has 1 aliphatic rings. The molecule has 0 bridgehead atoms. The number of anilines is 1. The smallest absolute Gasteiger partial charge is 0.335 e. The molecule has 1 aliphatic heterocycles. The van der Waals surface area contributed by atoms with E-state index in [0.717, 1.165) is 24.2 Å². The third kappa shape index (κ3) is 4.74. The number of aromatic carboxylic acids is 1. The summed E-state index contributed by atoms with van der Waals surface area (Å²) in [6, 6.07) is 6.14. The fourth-order valence-electron chi connectivity index (χ4n) is 2.96. The zero-order chi connectivity index (χ0) is 15.2. The molecule has 0 aliphatic carbocycles. The van der Waals surface area contributed by atoms with E-state index in [1.165, 1.54) is 25.7 Å². The number of rotatable bonds is 5. The summed E-state index contributed by atoms with van der Waals surface area (Å²) in [5.41, 5.74) is 2.35. The fourth-order valence-corrected chi connectivity index (χ4v) is 2.96. The van der Waals surface area contributed by atoms with Crippen LogP contribution >= 0.6 is 0 Å². The topological polar surface area (TPSA) is 61.4 Å². The number of carboxylic acid groups (broad SMARTS) is 1. The highest BCUT2D eigenvalue weighted by molar-refractivity contribution is 5.89. The molecule has 21 heavy (non-hydrogen) atoms. The Hall–Kier alpha value is -1.55. The van der Waals surface area contributed by atoms with Crippen molar-refractivity contribution in [3.05, 3.63) is 29.3 Å². The summed E-state index contributed by atoms with van der Waals surface area (Å²) < 4.78 is 0. The molecule has 0 saturated carbocycles. The van der Waals surface area contributed by atoms with Gasteiger partial charge in [0.15, 0.2) is 0 Å². The Morgan fingerprint density at radius 3 is 3.00 bits per heavy atom. The van der Waals surface area contributed by atoms with Gasteiger partial charge in [0.05, 0.1) is 5.56 Å². The number of carboxylic acids is 1. The van der Waals surface area contributed by atoms with Crippen molar-refractivity contribution in [2.45, 2.75) is 58.0 Å². The second kappa shape index (κ2) is 7.46. The van der Waals surface area contributed by atoms with Gasteiger partial charge in [-0.15, -0.1) is 0 Å². The van der Waals surface area contributed by atoms with E-state index in [1.807, 2.05) is 13.0 Å². The first-order valence-electron chi connectivity index (χ1n) is 7.90. The maximum atomic E-state index is 11.1. The van der Waals surface area contributed by atoms with Gasteiger partial charge < -0.3 is 15.7 Å². The van der Waals surface area contributed by atoms with E-state index in [-0.39, 0.29) is 0 Å². The highest BCUT2D eigenvalue weighted by Crippen LogP contribution is 2.20. The number of hydrogen-bond donors (Lipinski definition) is 3. The van der Waals surface area contributed by atoms with Crippen molar-refractivity contribution < 1.29 is 9.90 Å². The third-order valence-corrected chi connectivity index (χ3v) is 4.19. The van der Waals surface area contributed by atoms with Crippen LogP contribution in [0.5, 0.6) is 0 Å². The summed E-state index contributed by atoms with van der Waals surface area (Å²) in [7, 11) is 0. The van der Waals surface area contributed by atoms with E-state index < -0.39 is 5.97 Å². The summed E-state index contributed by atoms with van der Waals surface area (Å²) in [6.07, 6.45) is 6.21. The highest BCUT2D eigenvalue weighted by Gasteiger charge is 2.15. The Bertz CT molecular complexity index is 480. The first-order chi connectivity index (χ1) is 10.1. The van der Waals surface area contributed by atoms with Crippen LogP contribution in [0.25, 0.3) is 0 Å². The molecule has 1 aromatic rings. The molecule has 1 heterocycles. The predicted octanol–water partition coefficient (Wildman–Crippen LogP) is 3.42. The van der Waals surface area contributed by atoms with Crippen molar-refractivity contribution in [1.29, 1.82) is 0 Å². The van der Waals surface area contributed by atoms with Gasteiger partial charge in [-0.2, -0.15) is 0 Å². The maximum absolute atomic E-state index is 11.1. The molecule has 3 N–H and O–H groups in total. The minimum atomic E-state index is -0.879. The van der Waals surface area contributed by atoms with Crippen LogP contribution < -0.4 is 10.6 Å². The van der Waals surface area contributed by atoms with E-state index in [0.29, 0.717) is 17.6 Å². The molecule has 2 rings (SSSR count). The molecular weight excluding hydrogens is 264 g/mol. The van der Waals surface area contributed by atoms with Crippen LogP contribution in [-0.4, -0.2) is 29.7 Å². The van der Waals surface area contributed by atoms with Crippen LogP contribution in [0.2, 0.25) is 0 Å². The van der Waals surface area contributed by atoms with Crippen LogP contribution in [0, 0.1) is 6.92 Å².